The van der Waals surface area contributed by atoms with Crippen molar-refractivity contribution in [2.24, 2.45) is 0 Å². The summed E-state index contributed by atoms with van der Waals surface area (Å²) < 4.78 is 77.0. The molecular weight excluding hydrogens is 630 g/mol. The Morgan fingerprint density at radius 2 is 1.67 bits per heavy atom. The minimum absolute atomic E-state index is 0.000653. The van der Waals surface area contributed by atoms with E-state index in [1.54, 1.807) is 30.3 Å². The number of halogens is 5. The Labute approximate surface area is 258 Å². The predicted molar refractivity (Wildman–Crippen MR) is 148 cm³/mol. The van der Waals surface area contributed by atoms with E-state index < -0.39 is 83.9 Å². The highest BCUT2D eigenvalue weighted by atomic mass is 35.5. The lowest BCUT2D eigenvalue weighted by molar-refractivity contribution is -0.167. The van der Waals surface area contributed by atoms with Crippen molar-refractivity contribution >= 4 is 41.1 Å². The minimum Gasteiger partial charge on any atom is -0.496 e. The molecule has 238 valence electrons. The van der Waals surface area contributed by atoms with Gasteiger partial charge in [0.15, 0.2) is 19.4 Å². The summed E-state index contributed by atoms with van der Waals surface area (Å²) in [5.41, 5.74) is -5.10. The molecule has 0 aromatic heterocycles. The van der Waals surface area contributed by atoms with Gasteiger partial charge in [0.1, 0.15) is 12.4 Å². The molecule has 1 aliphatic heterocycles. The van der Waals surface area contributed by atoms with E-state index in [0.717, 1.165) is 12.1 Å². The number of aliphatic hydroxyl groups is 1. The Kier molecular flexibility index (Phi) is 9.98. The van der Waals surface area contributed by atoms with Gasteiger partial charge in [0, 0.05) is 16.1 Å². The molecule has 0 saturated heterocycles. The van der Waals surface area contributed by atoms with Crippen LogP contribution in [0.25, 0.3) is 0 Å². The second-order valence-electron chi connectivity index (χ2n) is 9.59. The monoisotopic (exact) mass is 653 g/mol. The minimum atomic E-state index is -4.87. The molecule has 2 unspecified atom stereocenters. The first-order valence-corrected chi connectivity index (χ1v) is 13.4. The molecule has 3 aromatic rings. The van der Waals surface area contributed by atoms with E-state index in [1.807, 2.05) is 0 Å². The van der Waals surface area contributed by atoms with Crippen molar-refractivity contribution < 1.29 is 60.8 Å². The number of nitrogens with zero attached hydrogens (tertiary/aromatic N) is 1. The highest BCUT2D eigenvalue weighted by Crippen LogP contribution is 2.51. The summed E-state index contributed by atoms with van der Waals surface area (Å²) in [6.45, 7) is -2.06. The quantitative estimate of drug-likeness (QED) is 0.181. The zero-order valence-corrected chi connectivity index (χ0v) is 24.1. The van der Waals surface area contributed by atoms with Gasteiger partial charge in [-0.05, 0) is 35.9 Å². The van der Waals surface area contributed by atoms with Gasteiger partial charge in [0.25, 0.3) is 5.91 Å². The van der Waals surface area contributed by atoms with Crippen LogP contribution in [0.4, 0.5) is 23.2 Å². The first-order valence-electron chi connectivity index (χ1n) is 13.0. The van der Waals surface area contributed by atoms with Crippen LogP contribution in [0.3, 0.4) is 0 Å². The van der Waals surface area contributed by atoms with Crippen molar-refractivity contribution in [3.8, 4) is 5.75 Å². The molecule has 1 N–H and O–H groups in total. The Balaban J connectivity index is 1.43. The maximum Gasteiger partial charge on any atom is 0.416 e. The summed E-state index contributed by atoms with van der Waals surface area (Å²) in [6.07, 6.45) is -8.01. The van der Waals surface area contributed by atoms with E-state index >= 15 is 4.39 Å². The molecule has 2 atom stereocenters. The number of benzene rings is 3. The highest BCUT2D eigenvalue weighted by Gasteiger charge is 2.55. The Hall–Kier alpha value is -4.69. The van der Waals surface area contributed by atoms with Crippen LogP contribution in [-0.2, 0) is 51.8 Å². The number of amides is 1. The molecule has 45 heavy (non-hydrogen) atoms. The summed E-state index contributed by atoms with van der Waals surface area (Å²) in [5.74, 6) is -5.16. The maximum absolute atomic E-state index is 16.8. The van der Waals surface area contributed by atoms with Gasteiger partial charge in [-0.25, -0.2) is 14.0 Å². The van der Waals surface area contributed by atoms with Crippen LogP contribution in [0.15, 0.2) is 66.7 Å². The van der Waals surface area contributed by atoms with Gasteiger partial charge in [-0.2, -0.15) is 13.2 Å². The molecular formula is C30H24ClF4NO9. The normalized spacial score (nSPS) is 16.5. The molecule has 0 bridgehead atoms. The van der Waals surface area contributed by atoms with Gasteiger partial charge >= 0.3 is 24.1 Å². The van der Waals surface area contributed by atoms with Crippen LogP contribution in [0.5, 0.6) is 5.75 Å². The highest BCUT2D eigenvalue weighted by molar-refractivity contribution is 6.30. The third-order valence-electron chi connectivity index (χ3n) is 6.62. The SMILES string of the molecule is COc1ccc(Cl)cc1C1(F)C(=O)N(COC(=O)CC(O)C(=O)OCC(=O)OCc2ccccc2)c2cc(C(F)(F)F)ccc21. The lowest BCUT2D eigenvalue weighted by Gasteiger charge is -2.23. The van der Waals surface area contributed by atoms with Crippen LogP contribution in [0.1, 0.15) is 28.7 Å². The average Bonchev–Trinajstić information content (AvgIpc) is 3.23. The predicted octanol–water partition coefficient (Wildman–Crippen LogP) is 4.47. The number of hydrogen-bond acceptors (Lipinski definition) is 9. The fourth-order valence-corrected chi connectivity index (χ4v) is 4.59. The average molecular weight is 654 g/mol. The van der Waals surface area contributed by atoms with Crippen molar-refractivity contribution in [1.29, 1.82) is 0 Å². The van der Waals surface area contributed by atoms with E-state index in [1.165, 1.54) is 19.2 Å². The van der Waals surface area contributed by atoms with Crippen LogP contribution in [0.2, 0.25) is 5.02 Å². The van der Waals surface area contributed by atoms with E-state index in [9.17, 15) is 37.5 Å². The largest absolute Gasteiger partial charge is 0.496 e. The fourth-order valence-electron chi connectivity index (χ4n) is 4.41. The number of anilines is 1. The summed E-state index contributed by atoms with van der Waals surface area (Å²) in [4.78, 5) is 50.2. The van der Waals surface area contributed by atoms with Gasteiger partial charge in [-0.1, -0.05) is 48.0 Å². The third-order valence-corrected chi connectivity index (χ3v) is 6.86. The van der Waals surface area contributed by atoms with Gasteiger partial charge in [0.2, 0.25) is 5.67 Å². The van der Waals surface area contributed by atoms with Crippen LogP contribution in [-0.4, -0.2) is 55.5 Å². The standard InChI is InChI=1S/C30H24ClF4NO9/c1-42-24-10-8-19(31)12-21(24)29(32)20-9-7-18(30(33,34)35)11-22(20)36(28(29)41)16-45-25(38)13-23(37)27(40)44-15-26(39)43-14-17-5-3-2-4-6-17/h2-12,23,37H,13-16H2,1H3. The lowest BCUT2D eigenvalue weighted by atomic mass is 9.88. The summed E-state index contributed by atoms with van der Waals surface area (Å²) in [6, 6.07) is 14.2. The number of ether oxygens (including phenoxy) is 4. The van der Waals surface area contributed by atoms with Crippen molar-refractivity contribution in [3.63, 3.8) is 0 Å². The third kappa shape index (κ3) is 7.35. The number of aliphatic hydroxyl groups excluding tert-OH is 1. The topological polar surface area (TPSA) is 129 Å². The molecule has 15 heteroatoms. The first-order chi connectivity index (χ1) is 21.2. The molecule has 0 radical (unpaired) electrons. The van der Waals surface area contributed by atoms with E-state index in [0.29, 0.717) is 22.6 Å². The Morgan fingerprint density at radius 3 is 2.33 bits per heavy atom. The fraction of sp³-hybridized carbons (Fsp3) is 0.267. The van der Waals surface area contributed by atoms with Crippen molar-refractivity contribution in [3.05, 3.63) is 94.0 Å². The lowest BCUT2D eigenvalue weighted by Crippen LogP contribution is -2.40. The second-order valence-corrected chi connectivity index (χ2v) is 10.0. The van der Waals surface area contributed by atoms with E-state index in [4.69, 9.17) is 25.8 Å². The summed E-state index contributed by atoms with van der Waals surface area (Å²) in [5, 5.41) is 10.0. The van der Waals surface area contributed by atoms with E-state index in [-0.39, 0.29) is 17.4 Å². The van der Waals surface area contributed by atoms with E-state index in [2.05, 4.69) is 4.74 Å². The van der Waals surface area contributed by atoms with Crippen LogP contribution < -0.4 is 9.64 Å². The molecule has 1 amide bonds. The number of carbonyl (C=O) groups is 4. The number of carbonyl (C=O) groups excluding carboxylic acids is 4. The zero-order chi connectivity index (χ0) is 32.9. The second kappa shape index (κ2) is 13.5. The zero-order valence-electron chi connectivity index (χ0n) is 23.3. The smallest absolute Gasteiger partial charge is 0.416 e. The Morgan fingerprint density at radius 1 is 0.956 bits per heavy atom. The van der Waals surface area contributed by atoms with Crippen molar-refractivity contribution in [1.82, 2.24) is 0 Å². The maximum atomic E-state index is 16.8. The molecule has 10 nitrogen and oxygen atoms in total. The van der Waals surface area contributed by atoms with Gasteiger partial charge in [0.05, 0.1) is 24.8 Å². The Bertz CT molecular complexity index is 1600. The number of rotatable bonds is 11. The van der Waals surface area contributed by atoms with Gasteiger partial charge in [-0.15, -0.1) is 0 Å². The van der Waals surface area contributed by atoms with Gasteiger partial charge < -0.3 is 24.1 Å². The molecule has 0 aliphatic carbocycles. The molecule has 1 aliphatic rings. The van der Waals surface area contributed by atoms with Gasteiger partial charge in [-0.3, -0.25) is 14.5 Å². The summed E-state index contributed by atoms with van der Waals surface area (Å²) in [7, 11) is 1.19. The summed E-state index contributed by atoms with van der Waals surface area (Å²) >= 11 is 6.02. The molecule has 3 aromatic carbocycles. The number of alkyl halides is 4. The number of fused-ring (bicyclic) bond motifs is 1. The molecule has 0 saturated carbocycles. The van der Waals surface area contributed by atoms with Crippen LogP contribution in [0, 0.1) is 0 Å². The van der Waals surface area contributed by atoms with Crippen molar-refractivity contribution in [2.45, 2.75) is 31.0 Å². The molecule has 0 fully saturated rings. The molecule has 4 rings (SSSR count). The number of methoxy groups -OCH3 is 1. The first kappa shape index (κ1) is 33.2. The van der Waals surface area contributed by atoms with Crippen molar-refractivity contribution in [2.75, 3.05) is 25.3 Å². The molecule has 1 heterocycles. The van der Waals surface area contributed by atoms with Crippen LogP contribution >= 0.6 is 11.6 Å². The number of hydrogen-bond donors (Lipinski definition) is 1. The number of esters is 3. The molecule has 0 spiro atoms.